The van der Waals surface area contributed by atoms with E-state index in [-0.39, 0.29) is 0 Å². The van der Waals surface area contributed by atoms with Gasteiger partial charge in [0.2, 0.25) is 0 Å². The summed E-state index contributed by atoms with van der Waals surface area (Å²) in [6.07, 6.45) is 1.08. The number of hydrogen-bond donors (Lipinski definition) is 1. The lowest BCUT2D eigenvalue weighted by Gasteiger charge is -2.25. The number of rotatable bonds is 3. The van der Waals surface area contributed by atoms with Crippen LogP contribution in [0.3, 0.4) is 0 Å². The number of ether oxygens (including phenoxy) is 1. The van der Waals surface area contributed by atoms with Gasteiger partial charge in [0, 0.05) is 24.9 Å². The predicted molar refractivity (Wildman–Crippen MR) is 70.0 cm³/mol. The van der Waals surface area contributed by atoms with E-state index in [1.165, 1.54) is 0 Å². The highest BCUT2D eigenvalue weighted by Crippen LogP contribution is 2.21. The number of nitrogens with two attached hydrogens (primary N) is 1. The van der Waals surface area contributed by atoms with Crippen LogP contribution in [0, 0.1) is 0 Å². The molecule has 0 amide bonds. The zero-order valence-electron chi connectivity index (χ0n) is 9.35. The molecule has 1 heterocycles. The molecule has 1 aromatic carbocycles. The minimum Gasteiger partial charge on any atom is -0.389 e. The molecular formula is C12H16N2OS. The Hall–Kier alpha value is -1.13. The van der Waals surface area contributed by atoms with Gasteiger partial charge >= 0.3 is 0 Å². The maximum absolute atomic E-state index is 5.62. The van der Waals surface area contributed by atoms with Gasteiger partial charge in [-0.25, -0.2) is 0 Å². The van der Waals surface area contributed by atoms with E-state index in [9.17, 15) is 0 Å². The Morgan fingerprint density at radius 3 is 3.00 bits per heavy atom. The van der Waals surface area contributed by atoms with E-state index in [1.54, 1.807) is 0 Å². The molecular weight excluding hydrogens is 220 g/mol. The molecule has 16 heavy (non-hydrogen) atoms. The largest absolute Gasteiger partial charge is 0.389 e. The number of benzene rings is 1. The monoisotopic (exact) mass is 236 g/mol. The van der Waals surface area contributed by atoms with Crippen molar-refractivity contribution in [2.24, 2.45) is 5.73 Å². The molecule has 0 bridgehead atoms. The molecule has 3 nitrogen and oxygen atoms in total. The van der Waals surface area contributed by atoms with E-state index in [0.717, 1.165) is 30.9 Å². The predicted octanol–water partition coefficient (Wildman–Crippen LogP) is 1.55. The smallest absolute Gasteiger partial charge is 0.104 e. The van der Waals surface area contributed by atoms with Gasteiger partial charge in [0.15, 0.2) is 0 Å². The van der Waals surface area contributed by atoms with Crippen molar-refractivity contribution >= 4 is 22.9 Å². The fourth-order valence-corrected chi connectivity index (χ4v) is 2.04. The molecule has 1 aliphatic heterocycles. The third-order valence-corrected chi connectivity index (χ3v) is 3.23. The van der Waals surface area contributed by atoms with Gasteiger partial charge in [0.1, 0.15) is 4.99 Å². The third-order valence-electron chi connectivity index (χ3n) is 2.99. The Morgan fingerprint density at radius 1 is 1.56 bits per heavy atom. The molecule has 1 saturated heterocycles. The molecule has 1 atom stereocenters. The highest BCUT2D eigenvalue weighted by molar-refractivity contribution is 7.80. The summed E-state index contributed by atoms with van der Waals surface area (Å²) in [6.45, 7) is 1.65. The molecule has 1 fully saturated rings. The summed E-state index contributed by atoms with van der Waals surface area (Å²) in [7, 11) is 2.08. The second-order valence-electron chi connectivity index (χ2n) is 4.04. The van der Waals surface area contributed by atoms with Gasteiger partial charge in [-0.1, -0.05) is 24.4 Å². The van der Waals surface area contributed by atoms with Crippen LogP contribution in [0.15, 0.2) is 24.3 Å². The minimum atomic E-state index is 0.443. The van der Waals surface area contributed by atoms with Gasteiger partial charge in [-0.2, -0.15) is 0 Å². The van der Waals surface area contributed by atoms with Crippen LogP contribution >= 0.6 is 12.2 Å². The van der Waals surface area contributed by atoms with Gasteiger partial charge in [-0.05, 0) is 18.6 Å². The van der Waals surface area contributed by atoms with Gasteiger partial charge in [-0.15, -0.1) is 0 Å². The molecule has 86 valence electrons. The van der Waals surface area contributed by atoms with Crippen LogP contribution in [0.25, 0.3) is 0 Å². The Kier molecular flexibility index (Phi) is 3.41. The van der Waals surface area contributed by atoms with E-state index in [2.05, 4.69) is 18.0 Å². The van der Waals surface area contributed by atoms with Crippen LogP contribution in [0.1, 0.15) is 12.0 Å². The number of hydrogen-bond acceptors (Lipinski definition) is 3. The quantitative estimate of drug-likeness (QED) is 0.808. The summed E-state index contributed by atoms with van der Waals surface area (Å²) < 4.78 is 5.39. The molecule has 4 heteroatoms. The maximum atomic E-state index is 5.62. The molecule has 0 spiro atoms. The van der Waals surface area contributed by atoms with Crippen LogP contribution in [0.5, 0.6) is 0 Å². The number of anilines is 1. The van der Waals surface area contributed by atoms with Crippen molar-refractivity contribution in [1.29, 1.82) is 0 Å². The highest BCUT2D eigenvalue weighted by atomic mass is 32.1. The Bertz CT molecular complexity index is 388. The molecule has 2 rings (SSSR count). The zero-order valence-corrected chi connectivity index (χ0v) is 10.2. The van der Waals surface area contributed by atoms with Crippen molar-refractivity contribution in [3.63, 3.8) is 0 Å². The lowest BCUT2D eigenvalue weighted by atomic mass is 10.1. The fourth-order valence-electron chi connectivity index (χ4n) is 1.92. The van der Waals surface area contributed by atoms with E-state index in [4.69, 9.17) is 22.7 Å². The standard InChI is InChI=1S/C12H16N2OS/c1-14(11-5-6-15-8-11)10-4-2-3-9(7-10)12(13)16/h2-4,7,11H,5-6,8H2,1H3,(H2,13,16). The van der Waals surface area contributed by atoms with Gasteiger partial charge in [0.05, 0.1) is 12.6 Å². The van der Waals surface area contributed by atoms with E-state index >= 15 is 0 Å². The first kappa shape index (κ1) is 11.4. The summed E-state index contributed by atoms with van der Waals surface area (Å²) in [5, 5.41) is 0. The Balaban J connectivity index is 2.18. The molecule has 0 aliphatic carbocycles. The minimum absolute atomic E-state index is 0.443. The van der Waals surface area contributed by atoms with Crippen LogP contribution in [-0.4, -0.2) is 31.3 Å². The highest BCUT2D eigenvalue weighted by Gasteiger charge is 2.20. The maximum Gasteiger partial charge on any atom is 0.104 e. The van der Waals surface area contributed by atoms with Crippen molar-refractivity contribution in [2.75, 3.05) is 25.2 Å². The van der Waals surface area contributed by atoms with Crippen LogP contribution < -0.4 is 10.6 Å². The molecule has 0 aromatic heterocycles. The summed E-state index contributed by atoms with van der Waals surface area (Å²) >= 11 is 4.98. The lowest BCUT2D eigenvalue weighted by Crippen LogP contribution is -2.31. The first-order valence-corrected chi connectivity index (χ1v) is 5.80. The molecule has 0 saturated carbocycles. The molecule has 2 N–H and O–H groups in total. The number of likely N-dealkylation sites (N-methyl/N-ethyl adjacent to an activating group) is 1. The van der Waals surface area contributed by atoms with Crippen molar-refractivity contribution in [1.82, 2.24) is 0 Å². The van der Waals surface area contributed by atoms with Crippen molar-refractivity contribution < 1.29 is 4.74 Å². The fraction of sp³-hybridized carbons (Fsp3) is 0.417. The number of thiocarbonyl (C=S) groups is 1. The van der Waals surface area contributed by atoms with Crippen LogP contribution in [0.2, 0.25) is 0 Å². The van der Waals surface area contributed by atoms with Crippen LogP contribution in [-0.2, 0) is 4.74 Å². The summed E-state index contributed by atoms with van der Waals surface area (Å²) in [5.41, 5.74) is 7.68. The summed E-state index contributed by atoms with van der Waals surface area (Å²) in [4.78, 5) is 2.67. The average Bonchev–Trinajstić information content (AvgIpc) is 2.81. The first-order valence-electron chi connectivity index (χ1n) is 5.39. The normalized spacial score (nSPS) is 19.7. The van der Waals surface area contributed by atoms with Gasteiger partial charge in [-0.3, -0.25) is 0 Å². The molecule has 1 aromatic rings. The SMILES string of the molecule is CN(c1cccc(C(N)=S)c1)C1CCOC1. The van der Waals surface area contributed by atoms with Crippen LogP contribution in [0.4, 0.5) is 5.69 Å². The van der Waals surface area contributed by atoms with Crippen molar-refractivity contribution in [2.45, 2.75) is 12.5 Å². The molecule has 1 aliphatic rings. The Labute approximate surface area is 101 Å². The summed E-state index contributed by atoms with van der Waals surface area (Å²) in [5.74, 6) is 0. The van der Waals surface area contributed by atoms with Gasteiger partial charge in [0.25, 0.3) is 0 Å². The first-order chi connectivity index (χ1) is 7.68. The zero-order chi connectivity index (χ0) is 11.5. The topological polar surface area (TPSA) is 38.5 Å². The van der Waals surface area contributed by atoms with Crippen molar-refractivity contribution in [3.8, 4) is 0 Å². The Morgan fingerprint density at radius 2 is 2.38 bits per heavy atom. The molecule has 0 radical (unpaired) electrons. The molecule has 1 unspecified atom stereocenters. The van der Waals surface area contributed by atoms with Crippen molar-refractivity contribution in [3.05, 3.63) is 29.8 Å². The summed E-state index contributed by atoms with van der Waals surface area (Å²) in [6, 6.07) is 8.48. The third kappa shape index (κ3) is 2.33. The van der Waals surface area contributed by atoms with E-state index in [1.807, 2.05) is 18.2 Å². The second-order valence-corrected chi connectivity index (χ2v) is 4.48. The second kappa shape index (κ2) is 4.80. The van der Waals surface area contributed by atoms with E-state index < -0.39 is 0 Å². The van der Waals surface area contributed by atoms with E-state index in [0.29, 0.717) is 11.0 Å². The lowest BCUT2D eigenvalue weighted by molar-refractivity contribution is 0.193. The average molecular weight is 236 g/mol. The van der Waals surface area contributed by atoms with Gasteiger partial charge < -0.3 is 15.4 Å². The number of nitrogens with zero attached hydrogens (tertiary/aromatic N) is 1.